The topological polar surface area (TPSA) is 64.4 Å². The summed E-state index contributed by atoms with van der Waals surface area (Å²) in [6, 6.07) is 5.07. The second-order valence-electron chi connectivity index (χ2n) is 5.50. The van der Waals surface area contributed by atoms with Crippen LogP contribution in [0.15, 0.2) is 22.7 Å². The molecule has 0 heterocycles. The van der Waals surface area contributed by atoms with E-state index in [9.17, 15) is 10.1 Å². The zero-order chi connectivity index (χ0) is 15.6. The lowest BCUT2D eigenvalue weighted by molar-refractivity contribution is -0.385. The summed E-state index contributed by atoms with van der Waals surface area (Å²) in [5.41, 5.74) is 0.148. The van der Waals surface area contributed by atoms with E-state index in [4.69, 9.17) is 4.74 Å². The molecule has 6 heteroatoms. The minimum Gasteiger partial charge on any atom is -0.488 e. The fourth-order valence-electron chi connectivity index (χ4n) is 3.37. The van der Waals surface area contributed by atoms with Crippen LogP contribution < -0.4 is 10.1 Å². The van der Waals surface area contributed by atoms with Crippen LogP contribution in [0.1, 0.15) is 33.1 Å². The first-order valence-electron chi connectivity index (χ1n) is 7.26. The molecule has 0 aliphatic heterocycles. The molecule has 0 radical (unpaired) electrons. The second kappa shape index (κ2) is 6.32. The maximum atomic E-state index is 10.9. The summed E-state index contributed by atoms with van der Waals surface area (Å²) in [6.45, 7) is 4.34. The van der Waals surface area contributed by atoms with Gasteiger partial charge in [0.2, 0.25) is 0 Å². The van der Waals surface area contributed by atoms with Crippen LogP contribution in [0.4, 0.5) is 5.69 Å². The predicted octanol–water partition coefficient (Wildman–Crippen LogP) is 3.90. The number of ether oxygens (including phenoxy) is 1. The number of benzene rings is 1. The van der Waals surface area contributed by atoms with E-state index in [1.54, 1.807) is 6.07 Å². The van der Waals surface area contributed by atoms with E-state index in [1.807, 2.05) is 7.05 Å². The Morgan fingerprint density at radius 3 is 2.67 bits per heavy atom. The quantitative estimate of drug-likeness (QED) is 0.619. The Morgan fingerprint density at radius 2 is 2.14 bits per heavy atom. The monoisotopic (exact) mass is 356 g/mol. The van der Waals surface area contributed by atoms with Gasteiger partial charge in [-0.2, -0.15) is 0 Å². The fraction of sp³-hybridized carbons (Fsp3) is 0.600. The normalized spacial score (nSPS) is 23.4. The molecule has 21 heavy (non-hydrogen) atoms. The maximum absolute atomic E-state index is 10.9. The van der Waals surface area contributed by atoms with Gasteiger partial charge in [0.1, 0.15) is 11.9 Å². The first-order valence-corrected chi connectivity index (χ1v) is 8.05. The number of hydrogen-bond acceptors (Lipinski definition) is 4. The van der Waals surface area contributed by atoms with Crippen molar-refractivity contribution in [1.82, 2.24) is 5.32 Å². The third kappa shape index (κ3) is 2.79. The molecule has 1 N–H and O–H groups in total. The fourth-order valence-corrected chi connectivity index (χ4v) is 3.71. The highest BCUT2D eigenvalue weighted by atomic mass is 79.9. The molecule has 1 aromatic carbocycles. The van der Waals surface area contributed by atoms with E-state index in [0.717, 1.165) is 23.7 Å². The van der Waals surface area contributed by atoms with E-state index >= 15 is 0 Å². The highest BCUT2D eigenvalue weighted by molar-refractivity contribution is 9.10. The molecule has 116 valence electrons. The lowest BCUT2D eigenvalue weighted by Crippen LogP contribution is -2.63. The third-order valence-corrected chi connectivity index (χ3v) is 5.50. The molecule has 2 atom stereocenters. The van der Waals surface area contributed by atoms with E-state index in [-0.39, 0.29) is 17.2 Å². The van der Waals surface area contributed by atoms with Gasteiger partial charge in [-0.1, -0.05) is 13.8 Å². The summed E-state index contributed by atoms with van der Waals surface area (Å²) in [5, 5.41) is 14.3. The van der Waals surface area contributed by atoms with Gasteiger partial charge in [0, 0.05) is 23.9 Å². The number of rotatable bonds is 6. The molecule has 5 nitrogen and oxygen atoms in total. The van der Waals surface area contributed by atoms with Crippen molar-refractivity contribution in [2.45, 2.75) is 45.3 Å². The number of nitro benzene ring substituents is 1. The van der Waals surface area contributed by atoms with E-state index in [1.165, 1.54) is 12.1 Å². The summed E-state index contributed by atoms with van der Waals surface area (Å²) < 4.78 is 6.86. The molecule has 0 amide bonds. The maximum Gasteiger partial charge on any atom is 0.273 e. The molecule has 2 rings (SSSR count). The van der Waals surface area contributed by atoms with Crippen LogP contribution in [-0.2, 0) is 0 Å². The molecule has 1 aliphatic carbocycles. The number of hydrogen-bond donors (Lipinski definition) is 1. The standard InChI is InChI=1S/C15H21BrN2O3/c1-4-15(5-2)13(17-3)9-14(15)21-12-8-10(18(19)20)6-7-11(12)16/h6-8,13-14,17H,4-5,9H2,1-3H3. The Kier molecular flexibility index (Phi) is 4.88. The van der Waals surface area contributed by atoms with Crippen molar-refractivity contribution in [3.8, 4) is 5.75 Å². The van der Waals surface area contributed by atoms with Crippen LogP contribution >= 0.6 is 15.9 Å². The minimum absolute atomic E-state index is 0.0521. The summed E-state index contributed by atoms with van der Waals surface area (Å²) in [5.74, 6) is 0.551. The number of nitro groups is 1. The average molecular weight is 357 g/mol. The Bertz CT molecular complexity index is 532. The van der Waals surface area contributed by atoms with Gasteiger partial charge >= 0.3 is 0 Å². The number of nitrogens with zero attached hydrogens (tertiary/aromatic N) is 1. The van der Waals surface area contributed by atoms with Gasteiger partial charge in [0.15, 0.2) is 0 Å². The van der Waals surface area contributed by atoms with Crippen molar-refractivity contribution < 1.29 is 9.66 Å². The summed E-state index contributed by atoms with van der Waals surface area (Å²) in [7, 11) is 1.98. The van der Waals surface area contributed by atoms with Crippen molar-refractivity contribution in [2.75, 3.05) is 7.05 Å². The lowest BCUT2D eigenvalue weighted by Gasteiger charge is -2.55. The number of halogens is 1. The Balaban J connectivity index is 2.22. The smallest absolute Gasteiger partial charge is 0.273 e. The molecular weight excluding hydrogens is 336 g/mol. The molecule has 0 saturated heterocycles. The average Bonchev–Trinajstić information content (AvgIpc) is 2.46. The SMILES string of the molecule is CCC1(CC)C(NC)CC1Oc1cc([N+](=O)[O-])ccc1Br. The van der Waals surface area contributed by atoms with Crippen LogP contribution in [0.2, 0.25) is 0 Å². The van der Waals surface area contributed by atoms with Gasteiger partial charge in [-0.25, -0.2) is 0 Å². The molecule has 2 unspecified atom stereocenters. The summed E-state index contributed by atoms with van der Waals surface area (Å²) >= 11 is 3.41. The van der Waals surface area contributed by atoms with Gasteiger partial charge in [-0.15, -0.1) is 0 Å². The highest BCUT2D eigenvalue weighted by Crippen LogP contribution is 2.49. The first kappa shape index (κ1) is 16.2. The Morgan fingerprint density at radius 1 is 1.48 bits per heavy atom. The Hall–Kier alpha value is -1.14. The van der Waals surface area contributed by atoms with Gasteiger partial charge in [-0.05, 0) is 41.9 Å². The molecule has 0 bridgehead atoms. The molecule has 0 spiro atoms. The van der Waals surface area contributed by atoms with Gasteiger partial charge in [0.05, 0.1) is 15.5 Å². The lowest BCUT2D eigenvalue weighted by atomic mass is 9.58. The second-order valence-corrected chi connectivity index (χ2v) is 6.35. The van der Waals surface area contributed by atoms with Crippen LogP contribution in [0, 0.1) is 15.5 Å². The summed E-state index contributed by atoms with van der Waals surface area (Å²) in [4.78, 5) is 10.5. The molecule has 1 saturated carbocycles. The molecule has 0 aromatic heterocycles. The zero-order valence-corrected chi connectivity index (χ0v) is 14.1. The number of nitrogens with one attached hydrogen (secondary N) is 1. The van der Waals surface area contributed by atoms with Crippen LogP contribution in [0.3, 0.4) is 0 Å². The van der Waals surface area contributed by atoms with E-state index in [0.29, 0.717) is 11.8 Å². The van der Waals surface area contributed by atoms with Gasteiger partial charge in [-0.3, -0.25) is 10.1 Å². The van der Waals surface area contributed by atoms with Crippen LogP contribution in [0.25, 0.3) is 0 Å². The molecule has 1 fully saturated rings. The molecule has 1 aromatic rings. The number of non-ortho nitro benzene ring substituents is 1. The Labute approximate surface area is 133 Å². The van der Waals surface area contributed by atoms with Gasteiger partial charge in [0.25, 0.3) is 5.69 Å². The van der Waals surface area contributed by atoms with E-state index in [2.05, 4.69) is 35.1 Å². The molecular formula is C15H21BrN2O3. The van der Waals surface area contributed by atoms with Crippen molar-refractivity contribution in [1.29, 1.82) is 0 Å². The van der Waals surface area contributed by atoms with Crippen LogP contribution in [-0.4, -0.2) is 24.1 Å². The first-order chi connectivity index (χ1) is 9.98. The van der Waals surface area contributed by atoms with Crippen molar-refractivity contribution in [2.24, 2.45) is 5.41 Å². The third-order valence-electron chi connectivity index (χ3n) is 4.84. The van der Waals surface area contributed by atoms with Crippen molar-refractivity contribution in [3.63, 3.8) is 0 Å². The predicted molar refractivity (Wildman–Crippen MR) is 85.7 cm³/mol. The van der Waals surface area contributed by atoms with Crippen molar-refractivity contribution in [3.05, 3.63) is 32.8 Å². The summed E-state index contributed by atoms with van der Waals surface area (Å²) in [6.07, 6.45) is 3.05. The highest BCUT2D eigenvalue weighted by Gasteiger charge is 2.53. The minimum atomic E-state index is -0.399. The zero-order valence-electron chi connectivity index (χ0n) is 12.6. The van der Waals surface area contributed by atoms with Crippen molar-refractivity contribution >= 4 is 21.6 Å². The van der Waals surface area contributed by atoms with E-state index < -0.39 is 4.92 Å². The largest absolute Gasteiger partial charge is 0.488 e. The van der Waals surface area contributed by atoms with Gasteiger partial charge < -0.3 is 10.1 Å². The molecule has 1 aliphatic rings. The van der Waals surface area contributed by atoms with Crippen LogP contribution in [0.5, 0.6) is 5.75 Å².